The van der Waals surface area contributed by atoms with E-state index in [-0.39, 0.29) is 0 Å². The van der Waals surface area contributed by atoms with Gasteiger partial charge in [0.15, 0.2) is 0 Å². The Morgan fingerprint density at radius 1 is 0.750 bits per heavy atom. The number of nitrogens with one attached hydrogen (secondary N) is 1. The van der Waals surface area contributed by atoms with Crippen LogP contribution in [0.5, 0.6) is 0 Å². The highest BCUT2D eigenvalue weighted by atomic mass is 32.1. The molecule has 3 aromatic rings. The van der Waals surface area contributed by atoms with Crippen LogP contribution in [0.1, 0.15) is 0 Å². The van der Waals surface area contributed by atoms with Crippen LogP contribution >= 0.6 is 19.4 Å². The summed E-state index contributed by atoms with van der Waals surface area (Å²) in [6.45, 7) is 0. The third-order valence-electron chi connectivity index (χ3n) is 3.77. The molecule has 0 aromatic heterocycles. The van der Waals surface area contributed by atoms with E-state index in [1.807, 2.05) is 91.0 Å². The number of rotatable bonds is 5. The van der Waals surface area contributed by atoms with Gasteiger partial charge in [-0.2, -0.15) is 0 Å². The first-order valence-corrected chi connectivity index (χ1v) is 10.0. The van der Waals surface area contributed by atoms with Gasteiger partial charge in [0.1, 0.15) is 7.14 Å². The van der Waals surface area contributed by atoms with E-state index in [0.29, 0.717) is 11.2 Å². The van der Waals surface area contributed by atoms with E-state index in [0.717, 1.165) is 16.3 Å². The van der Waals surface area contributed by atoms with E-state index in [4.69, 9.17) is 12.2 Å². The van der Waals surface area contributed by atoms with E-state index in [9.17, 15) is 4.57 Å². The number of thiocarbonyl (C=S) groups is 1. The van der Waals surface area contributed by atoms with E-state index in [1.54, 1.807) is 0 Å². The molecule has 0 fully saturated rings. The predicted molar refractivity (Wildman–Crippen MR) is 107 cm³/mol. The largest absolute Gasteiger partial charge is 0.350 e. The van der Waals surface area contributed by atoms with Crippen LogP contribution in [0.25, 0.3) is 0 Å². The van der Waals surface area contributed by atoms with Crippen molar-refractivity contribution in [3.63, 3.8) is 0 Å². The maximum atomic E-state index is 13.9. The second kappa shape index (κ2) is 7.57. The number of para-hydroxylation sites is 1. The summed E-state index contributed by atoms with van der Waals surface area (Å²) in [5.74, 6) is 0. The highest BCUT2D eigenvalue weighted by molar-refractivity contribution is 7.85. The zero-order valence-electron chi connectivity index (χ0n) is 13.1. The molecule has 0 saturated heterocycles. The van der Waals surface area contributed by atoms with E-state index in [2.05, 4.69) is 5.32 Å². The number of benzene rings is 3. The molecule has 0 radical (unpaired) electrons. The number of anilines is 1. The minimum absolute atomic E-state index is 0.311. The molecule has 1 N–H and O–H groups in total. The highest BCUT2D eigenvalue weighted by Gasteiger charge is 2.28. The Morgan fingerprint density at radius 2 is 1.17 bits per heavy atom. The van der Waals surface area contributed by atoms with Crippen molar-refractivity contribution >= 4 is 40.6 Å². The molecule has 0 atom stereocenters. The molecule has 0 bridgehead atoms. The molecule has 4 heteroatoms. The Labute approximate surface area is 147 Å². The third-order valence-corrected chi connectivity index (χ3v) is 7.26. The SMILES string of the molecule is O=P(CC(=S)Nc1ccccc1)(c1ccccc1)c1ccccc1. The molecule has 3 aromatic carbocycles. The van der Waals surface area contributed by atoms with Crippen molar-refractivity contribution in [2.24, 2.45) is 0 Å². The fourth-order valence-corrected chi connectivity index (χ4v) is 5.71. The second-order valence-corrected chi connectivity index (χ2v) is 8.80. The average Bonchev–Trinajstić information content (AvgIpc) is 2.64. The zero-order chi connectivity index (χ0) is 16.8. The van der Waals surface area contributed by atoms with Crippen LogP contribution in [0.4, 0.5) is 5.69 Å². The normalized spacial score (nSPS) is 11.0. The Hall–Kier alpha value is -2.22. The lowest BCUT2D eigenvalue weighted by Crippen LogP contribution is -2.25. The maximum absolute atomic E-state index is 13.9. The van der Waals surface area contributed by atoms with Gasteiger partial charge < -0.3 is 9.88 Å². The molecule has 0 heterocycles. The van der Waals surface area contributed by atoms with E-state index < -0.39 is 7.14 Å². The second-order valence-electron chi connectivity index (χ2n) is 5.48. The first-order chi connectivity index (χ1) is 11.7. The van der Waals surface area contributed by atoms with Crippen LogP contribution in [0.3, 0.4) is 0 Å². The number of hydrogen-bond donors (Lipinski definition) is 1. The lowest BCUT2D eigenvalue weighted by atomic mass is 10.3. The van der Waals surface area contributed by atoms with Gasteiger partial charge >= 0.3 is 0 Å². The highest BCUT2D eigenvalue weighted by Crippen LogP contribution is 2.43. The van der Waals surface area contributed by atoms with Crippen molar-refractivity contribution in [2.45, 2.75) is 0 Å². The van der Waals surface area contributed by atoms with Gasteiger partial charge in [-0.1, -0.05) is 91.1 Å². The summed E-state index contributed by atoms with van der Waals surface area (Å²) in [6.07, 6.45) is 0.311. The smallest absolute Gasteiger partial charge is 0.149 e. The van der Waals surface area contributed by atoms with E-state index in [1.165, 1.54) is 0 Å². The topological polar surface area (TPSA) is 29.1 Å². The minimum atomic E-state index is -2.82. The summed E-state index contributed by atoms with van der Waals surface area (Å²) in [6, 6.07) is 28.9. The molecule has 0 amide bonds. The van der Waals surface area contributed by atoms with Crippen molar-refractivity contribution in [1.29, 1.82) is 0 Å². The van der Waals surface area contributed by atoms with Crippen molar-refractivity contribution in [2.75, 3.05) is 11.5 Å². The Morgan fingerprint density at radius 3 is 1.62 bits per heavy atom. The van der Waals surface area contributed by atoms with Gasteiger partial charge in [0.05, 0.1) is 11.2 Å². The summed E-state index contributed by atoms with van der Waals surface area (Å²) >= 11 is 5.50. The third kappa shape index (κ3) is 3.81. The molecule has 2 nitrogen and oxygen atoms in total. The van der Waals surface area contributed by atoms with E-state index >= 15 is 0 Å². The Balaban J connectivity index is 1.92. The van der Waals surface area contributed by atoms with Crippen LogP contribution in [0.15, 0.2) is 91.0 Å². The van der Waals surface area contributed by atoms with Crippen molar-refractivity contribution in [3.05, 3.63) is 91.0 Å². The van der Waals surface area contributed by atoms with Crippen molar-refractivity contribution in [3.8, 4) is 0 Å². The Bertz CT molecular complexity index is 807. The molecule has 3 rings (SSSR count). The van der Waals surface area contributed by atoms with Gasteiger partial charge in [-0.15, -0.1) is 0 Å². The number of hydrogen-bond acceptors (Lipinski definition) is 2. The fourth-order valence-electron chi connectivity index (χ4n) is 2.59. The molecular weight excluding hydrogens is 333 g/mol. The predicted octanol–water partition coefficient (Wildman–Crippen LogP) is 4.44. The van der Waals surface area contributed by atoms with Crippen LogP contribution in [0.2, 0.25) is 0 Å². The van der Waals surface area contributed by atoms with Gasteiger partial charge in [-0.25, -0.2) is 0 Å². The minimum Gasteiger partial charge on any atom is -0.350 e. The van der Waals surface area contributed by atoms with Gasteiger partial charge in [-0.05, 0) is 12.1 Å². The summed E-state index contributed by atoms with van der Waals surface area (Å²) in [5, 5.41) is 4.85. The molecule has 0 unspecified atom stereocenters. The Kier molecular flexibility index (Phi) is 5.24. The monoisotopic (exact) mass is 351 g/mol. The van der Waals surface area contributed by atoms with Crippen LogP contribution in [-0.4, -0.2) is 11.2 Å². The van der Waals surface area contributed by atoms with Crippen LogP contribution < -0.4 is 15.9 Å². The molecule has 0 saturated carbocycles. The van der Waals surface area contributed by atoms with Crippen LogP contribution in [-0.2, 0) is 4.57 Å². The maximum Gasteiger partial charge on any atom is 0.149 e. The van der Waals surface area contributed by atoms with Gasteiger partial charge in [-0.3, -0.25) is 0 Å². The molecule has 0 aliphatic carbocycles. The summed E-state index contributed by atoms with van der Waals surface area (Å²) in [7, 11) is -2.82. The lowest BCUT2D eigenvalue weighted by Gasteiger charge is -2.20. The summed E-state index contributed by atoms with van der Waals surface area (Å²) < 4.78 is 13.9. The zero-order valence-corrected chi connectivity index (χ0v) is 14.8. The first kappa shape index (κ1) is 16.6. The lowest BCUT2D eigenvalue weighted by molar-refractivity contribution is 0.589. The van der Waals surface area contributed by atoms with Crippen molar-refractivity contribution in [1.82, 2.24) is 0 Å². The van der Waals surface area contributed by atoms with Crippen molar-refractivity contribution < 1.29 is 4.57 Å². The molecular formula is C20H18NOPS. The van der Waals surface area contributed by atoms with Crippen LogP contribution in [0, 0.1) is 0 Å². The molecule has 120 valence electrons. The quantitative estimate of drug-likeness (QED) is 0.544. The molecule has 0 aliphatic heterocycles. The fraction of sp³-hybridized carbons (Fsp3) is 0.0500. The molecule has 24 heavy (non-hydrogen) atoms. The molecule has 0 aliphatic rings. The standard InChI is InChI=1S/C20H18NOPS/c22-23(18-12-6-2-7-13-18,19-14-8-3-9-15-19)16-20(24)21-17-10-4-1-5-11-17/h1-15H,16H2,(H,21,24). The van der Waals surface area contributed by atoms with Gasteiger partial charge in [0.25, 0.3) is 0 Å². The first-order valence-electron chi connectivity index (χ1n) is 7.74. The van der Waals surface area contributed by atoms with Gasteiger partial charge in [0, 0.05) is 16.3 Å². The summed E-state index contributed by atoms with van der Waals surface area (Å²) in [5.41, 5.74) is 0.912. The van der Waals surface area contributed by atoms with Gasteiger partial charge in [0.2, 0.25) is 0 Å². The molecule has 0 spiro atoms. The summed E-state index contributed by atoms with van der Waals surface area (Å²) in [4.78, 5) is 0.581. The average molecular weight is 351 g/mol.